The van der Waals surface area contributed by atoms with E-state index in [1.54, 1.807) is 12.3 Å². The summed E-state index contributed by atoms with van der Waals surface area (Å²) in [5, 5.41) is 4.42. The van der Waals surface area contributed by atoms with E-state index in [4.69, 9.17) is 10.5 Å². The van der Waals surface area contributed by atoms with Crippen LogP contribution >= 0.6 is 11.5 Å². The van der Waals surface area contributed by atoms with Gasteiger partial charge in [0.25, 0.3) is 0 Å². The molecule has 0 saturated heterocycles. The minimum Gasteiger partial charge on any atom is -0.482 e. The number of nitrogens with two attached hydrogens (primary N) is 1. The second-order valence-electron chi connectivity index (χ2n) is 7.12. The zero-order chi connectivity index (χ0) is 20.8. The van der Waals surface area contributed by atoms with Gasteiger partial charge in [-0.2, -0.15) is 9.47 Å². The molecule has 2 bridgehead atoms. The van der Waals surface area contributed by atoms with Crippen molar-refractivity contribution in [3.05, 3.63) is 58.7 Å². The highest BCUT2D eigenvalue weighted by Gasteiger charge is 2.24. The second kappa shape index (κ2) is 7.17. The van der Waals surface area contributed by atoms with Crippen LogP contribution < -0.4 is 10.5 Å². The van der Waals surface area contributed by atoms with Crippen molar-refractivity contribution in [1.82, 2.24) is 24.1 Å². The van der Waals surface area contributed by atoms with Crippen molar-refractivity contribution in [3.63, 3.8) is 0 Å². The quantitative estimate of drug-likeness (QED) is 0.493. The molecule has 0 aliphatic carbocycles. The van der Waals surface area contributed by atoms with Gasteiger partial charge >= 0.3 is 0 Å². The molecule has 0 saturated carbocycles. The van der Waals surface area contributed by atoms with Gasteiger partial charge in [0.05, 0.1) is 17.1 Å². The van der Waals surface area contributed by atoms with Crippen LogP contribution in [0.1, 0.15) is 36.1 Å². The van der Waals surface area contributed by atoms with E-state index < -0.39 is 6.10 Å². The van der Waals surface area contributed by atoms with E-state index in [1.165, 1.54) is 30.0 Å². The standard InChI is InChI=1S/C21H19FN6OS/c1-3-16-19-12-6-17(20(23)24-8-12)29-11(2)15-7-13(22)4-5-14(15)21-25-10-26-28(21)9-18(19)30-27-16/h4-8,10-11H,3,9H2,1-2H3,(H2,23,24). The normalized spacial score (nSPS) is 15.2. The molecule has 1 aromatic carbocycles. The Balaban J connectivity index is 1.79. The number of hydrogen-bond donors (Lipinski definition) is 1. The molecule has 7 nitrogen and oxygen atoms in total. The van der Waals surface area contributed by atoms with Gasteiger partial charge in [-0.15, -0.1) is 0 Å². The number of halogens is 1. The Morgan fingerprint density at radius 2 is 2.17 bits per heavy atom. The van der Waals surface area contributed by atoms with Crippen molar-refractivity contribution in [1.29, 1.82) is 0 Å². The van der Waals surface area contributed by atoms with E-state index in [0.29, 0.717) is 23.7 Å². The van der Waals surface area contributed by atoms with Gasteiger partial charge in [0.15, 0.2) is 17.4 Å². The minimum absolute atomic E-state index is 0.284. The highest BCUT2D eigenvalue weighted by atomic mass is 32.1. The van der Waals surface area contributed by atoms with Crippen LogP contribution in [0, 0.1) is 5.82 Å². The molecule has 0 radical (unpaired) electrons. The van der Waals surface area contributed by atoms with Crippen LogP contribution in [0.25, 0.3) is 22.5 Å². The minimum atomic E-state index is -0.481. The predicted molar refractivity (Wildman–Crippen MR) is 113 cm³/mol. The molecule has 1 unspecified atom stereocenters. The summed E-state index contributed by atoms with van der Waals surface area (Å²) in [5.41, 5.74) is 10.4. The lowest BCUT2D eigenvalue weighted by atomic mass is 10.0. The third-order valence-corrected chi connectivity index (χ3v) is 6.11. The van der Waals surface area contributed by atoms with Crippen LogP contribution in [-0.4, -0.2) is 24.1 Å². The summed E-state index contributed by atoms with van der Waals surface area (Å²) in [6, 6.07) is 6.47. The number of aromatic nitrogens is 5. The lowest BCUT2D eigenvalue weighted by Crippen LogP contribution is -2.11. The molecule has 0 amide bonds. The fourth-order valence-electron chi connectivity index (χ4n) is 3.78. The number of nitrogens with zero attached hydrogens (tertiary/aromatic N) is 5. The monoisotopic (exact) mass is 422 g/mol. The van der Waals surface area contributed by atoms with Gasteiger partial charge in [0.2, 0.25) is 0 Å². The molecular formula is C21H19FN6OS. The SMILES string of the molecule is CCc1nsc2c1-c1cnc(N)c(c1)OC(C)c1cc(F)ccc1-c1ncnn1C2. The summed E-state index contributed by atoms with van der Waals surface area (Å²) in [5.74, 6) is 1.04. The van der Waals surface area contributed by atoms with E-state index in [1.807, 2.05) is 17.7 Å². The zero-order valence-electron chi connectivity index (χ0n) is 16.5. The molecule has 152 valence electrons. The molecule has 30 heavy (non-hydrogen) atoms. The largest absolute Gasteiger partial charge is 0.482 e. The Bertz CT molecular complexity index is 1250. The van der Waals surface area contributed by atoms with Crippen LogP contribution in [0.5, 0.6) is 5.75 Å². The van der Waals surface area contributed by atoms with Crippen molar-refractivity contribution < 1.29 is 9.13 Å². The fourth-order valence-corrected chi connectivity index (χ4v) is 4.73. The first kappa shape index (κ1) is 18.7. The average Bonchev–Trinajstić information content (AvgIpc) is 3.36. The van der Waals surface area contributed by atoms with Crippen molar-refractivity contribution in [3.8, 4) is 28.3 Å². The summed E-state index contributed by atoms with van der Waals surface area (Å²) < 4.78 is 26.7. The Morgan fingerprint density at radius 3 is 3.00 bits per heavy atom. The van der Waals surface area contributed by atoms with E-state index in [0.717, 1.165) is 33.7 Å². The molecule has 0 fully saturated rings. The molecular weight excluding hydrogens is 403 g/mol. The highest BCUT2D eigenvalue weighted by molar-refractivity contribution is 7.06. The number of aryl methyl sites for hydroxylation is 1. The summed E-state index contributed by atoms with van der Waals surface area (Å²) >= 11 is 1.43. The van der Waals surface area contributed by atoms with Crippen LogP contribution in [0.15, 0.2) is 36.8 Å². The topological polar surface area (TPSA) is 91.7 Å². The predicted octanol–water partition coefficient (Wildman–Crippen LogP) is 4.25. The molecule has 3 aromatic heterocycles. The second-order valence-corrected chi connectivity index (χ2v) is 7.98. The van der Waals surface area contributed by atoms with Gasteiger partial charge in [0.1, 0.15) is 18.2 Å². The van der Waals surface area contributed by atoms with Crippen LogP contribution in [0.2, 0.25) is 0 Å². The molecule has 4 heterocycles. The summed E-state index contributed by atoms with van der Waals surface area (Å²) in [6.07, 6.45) is 3.55. The maximum Gasteiger partial charge on any atom is 0.166 e. The van der Waals surface area contributed by atoms with E-state index in [9.17, 15) is 4.39 Å². The molecule has 4 aromatic rings. The smallest absolute Gasteiger partial charge is 0.166 e. The summed E-state index contributed by atoms with van der Waals surface area (Å²) in [6.45, 7) is 4.42. The van der Waals surface area contributed by atoms with Gasteiger partial charge in [0, 0.05) is 28.5 Å². The number of anilines is 1. The first-order valence-corrected chi connectivity index (χ1v) is 10.4. The fraction of sp³-hybridized carbons (Fsp3) is 0.238. The van der Waals surface area contributed by atoms with Gasteiger partial charge in [-0.05, 0) is 49.1 Å². The molecule has 2 N–H and O–H groups in total. The number of hydrogen-bond acceptors (Lipinski definition) is 7. The summed E-state index contributed by atoms with van der Waals surface area (Å²) in [4.78, 5) is 9.84. The van der Waals surface area contributed by atoms with Crippen molar-refractivity contribution in [2.75, 3.05) is 5.73 Å². The van der Waals surface area contributed by atoms with Gasteiger partial charge in [-0.3, -0.25) is 0 Å². The number of nitrogen functional groups attached to an aromatic ring is 1. The maximum atomic E-state index is 14.1. The third-order valence-electron chi connectivity index (χ3n) is 5.24. The van der Waals surface area contributed by atoms with Gasteiger partial charge < -0.3 is 10.5 Å². The highest BCUT2D eigenvalue weighted by Crippen LogP contribution is 2.38. The van der Waals surface area contributed by atoms with Crippen LogP contribution in [0.3, 0.4) is 0 Å². The van der Waals surface area contributed by atoms with Gasteiger partial charge in [-0.25, -0.2) is 19.0 Å². The number of pyridine rings is 1. The van der Waals surface area contributed by atoms with Crippen molar-refractivity contribution in [2.45, 2.75) is 32.9 Å². The summed E-state index contributed by atoms with van der Waals surface area (Å²) in [7, 11) is 0. The molecule has 1 aliphatic heterocycles. The number of benzene rings is 1. The van der Waals surface area contributed by atoms with E-state index in [-0.39, 0.29) is 11.6 Å². The lowest BCUT2D eigenvalue weighted by molar-refractivity contribution is 0.227. The van der Waals surface area contributed by atoms with Gasteiger partial charge in [-0.1, -0.05) is 6.92 Å². The number of ether oxygens (including phenoxy) is 1. The van der Waals surface area contributed by atoms with E-state index in [2.05, 4.69) is 26.4 Å². The molecule has 0 spiro atoms. The Kier molecular flexibility index (Phi) is 4.47. The van der Waals surface area contributed by atoms with E-state index >= 15 is 0 Å². The van der Waals surface area contributed by atoms with Crippen LogP contribution in [-0.2, 0) is 13.0 Å². The Morgan fingerprint density at radius 1 is 1.30 bits per heavy atom. The Hall–Kier alpha value is -3.33. The molecule has 9 heteroatoms. The lowest BCUT2D eigenvalue weighted by Gasteiger charge is -2.21. The van der Waals surface area contributed by atoms with Crippen molar-refractivity contribution >= 4 is 17.4 Å². The number of rotatable bonds is 1. The molecule has 1 aliphatic rings. The first-order valence-electron chi connectivity index (χ1n) is 9.62. The van der Waals surface area contributed by atoms with Crippen LogP contribution in [0.4, 0.5) is 10.2 Å². The molecule has 1 atom stereocenters. The third kappa shape index (κ3) is 3.02. The first-order chi connectivity index (χ1) is 14.5. The maximum absolute atomic E-state index is 14.1. The Labute approximate surface area is 176 Å². The van der Waals surface area contributed by atoms with Crippen molar-refractivity contribution in [2.24, 2.45) is 0 Å². The molecule has 5 rings (SSSR count). The number of fused-ring (bicyclic) bond motifs is 7. The zero-order valence-corrected chi connectivity index (χ0v) is 17.3. The average molecular weight is 422 g/mol.